The van der Waals surface area contributed by atoms with Gasteiger partial charge in [0.15, 0.2) is 5.76 Å². The number of aliphatic hydroxyl groups excluding tert-OH is 1. The number of aromatic amines is 1. The molecule has 0 bridgehead atoms. The number of hydrogen-bond acceptors (Lipinski definition) is 7. The highest BCUT2D eigenvalue weighted by Crippen LogP contribution is 2.17. The quantitative estimate of drug-likeness (QED) is 0.264. The lowest BCUT2D eigenvalue weighted by atomic mass is 10.2. The lowest BCUT2D eigenvalue weighted by Gasteiger charge is -2.07. The van der Waals surface area contributed by atoms with Gasteiger partial charge in [-0.25, -0.2) is 0 Å². The molecule has 9 nitrogen and oxygen atoms in total. The Balaban J connectivity index is 1.60. The Labute approximate surface area is 171 Å². The molecule has 0 aliphatic rings. The first-order chi connectivity index (χ1) is 14.7. The van der Waals surface area contributed by atoms with E-state index in [2.05, 4.69) is 25.6 Å². The number of pyridine rings is 1. The van der Waals surface area contributed by atoms with Crippen molar-refractivity contribution in [1.82, 2.24) is 30.2 Å². The first kappa shape index (κ1) is 19.1. The molecule has 0 fully saturated rings. The molecule has 1 aromatic carbocycles. The fourth-order valence-corrected chi connectivity index (χ4v) is 2.89. The Morgan fingerprint density at radius 2 is 1.93 bits per heavy atom. The third kappa shape index (κ3) is 4.58. The second-order valence-corrected chi connectivity index (χ2v) is 6.45. The standard InChI is InChI=1S/C21H18N6O3/c28-19(11-20(29)21-23-25-26-24-21)18-10-16(14-30-17-4-2-1-3-5-17)13-27(18)12-15-6-8-22-9-7-15/h1-11,13,29H,12,14H2,(H,23,24,25,26). The van der Waals surface area contributed by atoms with Gasteiger partial charge in [0.2, 0.25) is 11.6 Å². The van der Waals surface area contributed by atoms with Crippen LogP contribution in [0.5, 0.6) is 5.75 Å². The molecule has 0 saturated heterocycles. The number of aromatic nitrogens is 6. The summed E-state index contributed by atoms with van der Waals surface area (Å²) in [5.74, 6) is -0.0741. The van der Waals surface area contributed by atoms with Crippen LogP contribution in [0, 0.1) is 0 Å². The molecular weight excluding hydrogens is 384 g/mol. The Bertz CT molecular complexity index is 1140. The van der Waals surface area contributed by atoms with Crippen molar-refractivity contribution >= 4 is 11.5 Å². The second kappa shape index (κ2) is 8.82. The molecule has 30 heavy (non-hydrogen) atoms. The summed E-state index contributed by atoms with van der Waals surface area (Å²) in [7, 11) is 0. The fourth-order valence-electron chi connectivity index (χ4n) is 2.89. The van der Waals surface area contributed by atoms with Crippen LogP contribution in [0.3, 0.4) is 0 Å². The minimum atomic E-state index is -0.391. The Kier molecular flexibility index (Phi) is 5.61. The summed E-state index contributed by atoms with van der Waals surface area (Å²) >= 11 is 0. The van der Waals surface area contributed by atoms with E-state index in [-0.39, 0.29) is 11.6 Å². The third-order valence-corrected chi connectivity index (χ3v) is 4.30. The van der Waals surface area contributed by atoms with Gasteiger partial charge in [-0.2, -0.15) is 5.21 Å². The maximum atomic E-state index is 12.9. The number of ketones is 1. The topological polar surface area (TPSA) is 119 Å². The molecule has 3 aromatic heterocycles. The molecule has 0 unspecified atom stereocenters. The van der Waals surface area contributed by atoms with Gasteiger partial charge in [0.1, 0.15) is 12.4 Å². The van der Waals surface area contributed by atoms with E-state index in [0.29, 0.717) is 18.8 Å². The number of allylic oxidation sites excluding steroid dienone is 1. The zero-order valence-electron chi connectivity index (χ0n) is 15.8. The highest BCUT2D eigenvalue weighted by Gasteiger charge is 2.16. The lowest BCUT2D eigenvalue weighted by molar-refractivity contribution is 0.103. The van der Waals surface area contributed by atoms with Crippen molar-refractivity contribution in [3.63, 3.8) is 0 Å². The predicted octanol–water partition coefficient (Wildman–Crippen LogP) is 2.81. The van der Waals surface area contributed by atoms with Gasteiger partial charge >= 0.3 is 0 Å². The zero-order valence-corrected chi connectivity index (χ0v) is 15.8. The Hall–Kier alpha value is -4.27. The van der Waals surface area contributed by atoms with E-state index in [1.165, 1.54) is 0 Å². The summed E-state index contributed by atoms with van der Waals surface area (Å²) in [6.45, 7) is 0.764. The summed E-state index contributed by atoms with van der Waals surface area (Å²) in [4.78, 5) is 16.9. The molecule has 0 saturated carbocycles. The number of ether oxygens (including phenoxy) is 1. The minimum Gasteiger partial charge on any atom is -0.504 e. The first-order valence-electron chi connectivity index (χ1n) is 9.13. The van der Waals surface area contributed by atoms with E-state index in [1.54, 1.807) is 23.0 Å². The summed E-state index contributed by atoms with van der Waals surface area (Å²) in [5.41, 5.74) is 2.20. The Morgan fingerprint density at radius 1 is 1.13 bits per heavy atom. The molecule has 9 heteroatoms. The highest BCUT2D eigenvalue weighted by molar-refractivity contribution is 6.06. The van der Waals surface area contributed by atoms with E-state index < -0.39 is 5.78 Å². The van der Waals surface area contributed by atoms with Crippen LogP contribution >= 0.6 is 0 Å². The number of aliphatic hydroxyl groups is 1. The third-order valence-electron chi connectivity index (χ3n) is 4.30. The van der Waals surface area contributed by atoms with Crippen molar-refractivity contribution in [2.45, 2.75) is 13.2 Å². The maximum absolute atomic E-state index is 12.9. The predicted molar refractivity (Wildman–Crippen MR) is 108 cm³/mol. The van der Waals surface area contributed by atoms with E-state index in [1.807, 2.05) is 48.7 Å². The molecule has 3 heterocycles. The van der Waals surface area contributed by atoms with E-state index in [0.717, 1.165) is 23.0 Å². The van der Waals surface area contributed by atoms with Gasteiger partial charge in [0.05, 0.1) is 5.69 Å². The van der Waals surface area contributed by atoms with Crippen molar-refractivity contribution in [3.8, 4) is 5.75 Å². The molecule has 0 amide bonds. The molecule has 2 N–H and O–H groups in total. The SMILES string of the molecule is O=C(C=C(O)c1nn[nH]n1)c1cc(COc2ccccc2)cn1Cc1ccncc1. The van der Waals surface area contributed by atoms with Crippen LogP contribution in [0.2, 0.25) is 0 Å². The highest BCUT2D eigenvalue weighted by atomic mass is 16.5. The molecule has 0 radical (unpaired) electrons. The van der Waals surface area contributed by atoms with Gasteiger partial charge in [0.25, 0.3) is 0 Å². The van der Waals surface area contributed by atoms with Crippen molar-refractivity contribution in [3.05, 3.63) is 95.8 Å². The van der Waals surface area contributed by atoms with Crippen LogP contribution in [0.4, 0.5) is 0 Å². The number of rotatable bonds is 8. The van der Waals surface area contributed by atoms with Crippen molar-refractivity contribution < 1.29 is 14.6 Å². The molecule has 4 rings (SSSR count). The number of nitrogens with one attached hydrogen (secondary N) is 1. The number of nitrogens with zero attached hydrogens (tertiary/aromatic N) is 5. The van der Waals surface area contributed by atoms with Crippen LogP contribution in [0.25, 0.3) is 5.76 Å². The summed E-state index contributed by atoms with van der Waals surface area (Å²) in [6.07, 6.45) is 6.32. The molecule has 4 aromatic rings. The molecule has 0 atom stereocenters. The molecule has 0 aliphatic carbocycles. The second-order valence-electron chi connectivity index (χ2n) is 6.45. The largest absolute Gasteiger partial charge is 0.504 e. The molecule has 150 valence electrons. The van der Waals surface area contributed by atoms with Gasteiger partial charge in [-0.15, -0.1) is 10.2 Å². The van der Waals surface area contributed by atoms with Gasteiger partial charge in [-0.05, 0) is 41.1 Å². The number of para-hydroxylation sites is 1. The van der Waals surface area contributed by atoms with Crippen LogP contribution in [0.1, 0.15) is 27.4 Å². The summed E-state index contributed by atoms with van der Waals surface area (Å²) < 4.78 is 7.61. The van der Waals surface area contributed by atoms with Crippen LogP contribution < -0.4 is 4.74 Å². The number of hydrogen-bond donors (Lipinski definition) is 2. The lowest BCUT2D eigenvalue weighted by Crippen LogP contribution is -2.08. The number of carbonyl (C=O) groups is 1. The summed E-state index contributed by atoms with van der Waals surface area (Å²) in [6, 6.07) is 14.9. The van der Waals surface area contributed by atoms with E-state index in [4.69, 9.17) is 4.74 Å². The average Bonchev–Trinajstić information content (AvgIpc) is 3.44. The van der Waals surface area contributed by atoms with E-state index in [9.17, 15) is 9.90 Å². The smallest absolute Gasteiger partial charge is 0.239 e. The minimum absolute atomic E-state index is 0.0526. The zero-order chi connectivity index (χ0) is 20.8. The number of H-pyrrole nitrogens is 1. The number of benzene rings is 1. The van der Waals surface area contributed by atoms with E-state index >= 15 is 0 Å². The van der Waals surface area contributed by atoms with Crippen molar-refractivity contribution in [2.75, 3.05) is 0 Å². The van der Waals surface area contributed by atoms with Crippen LogP contribution in [0.15, 0.2) is 73.2 Å². The van der Waals surface area contributed by atoms with Gasteiger partial charge in [-0.3, -0.25) is 9.78 Å². The Morgan fingerprint density at radius 3 is 2.67 bits per heavy atom. The summed E-state index contributed by atoms with van der Waals surface area (Å²) in [5, 5.41) is 23.0. The molecule has 0 spiro atoms. The molecular formula is C21H18N6O3. The normalized spacial score (nSPS) is 11.4. The van der Waals surface area contributed by atoms with Gasteiger partial charge in [-0.1, -0.05) is 18.2 Å². The maximum Gasteiger partial charge on any atom is 0.239 e. The van der Waals surface area contributed by atoms with Gasteiger partial charge in [0, 0.05) is 36.8 Å². The van der Waals surface area contributed by atoms with Crippen LogP contribution in [-0.2, 0) is 13.2 Å². The van der Waals surface area contributed by atoms with Crippen molar-refractivity contribution in [2.24, 2.45) is 0 Å². The average molecular weight is 402 g/mol. The molecule has 0 aliphatic heterocycles. The monoisotopic (exact) mass is 402 g/mol. The van der Waals surface area contributed by atoms with Gasteiger partial charge < -0.3 is 14.4 Å². The fraction of sp³-hybridized carbons (Fsp3) is 0.0952. The van der Waals surface area contributed by atoms with Crippen molar-refractivity contribution in [1.29, 1.82) is 0 Å². The van der Waals surface area contributed by atoms with Crippen LogP contribution in [-0.4, -0.2) is 41.1 Å². The first-order valence-corrected chi connectivity index (χ1v) is 9.13. The number of tetrazole rings is 1. The number of carbonyl (C=O) groups excluding carboxylic acids is 1.